The van der Waals surface area contributed by atoms with Gasteiger partial charge >= 0.3 is 5.97 Å². The van der Waals surface area contributed by atoms with Gasteiger partial charge in [0.05, 0.1) is 0 Å². The number of carbonyl (C=O) groups excluding carboxylic acids is 1. The molecular weight excluding hydrogens is 244 g/mol. The summed E-state index contributed by atoms with van der Waals surface area (Å²) in [5.74, 6) is -0.139. The molecule has 0 aromatic carbocycles. The lowest BCUT2D eigenvalue weighted by molar-refractivity contribution is -0.143. The maximum atomic E-state index is 11.7. The first kappa shape index (κ1) is 14.3. The summed E-state index contributed by atoms with van der Waals surface area (Å²) in [6.07, 6.45) is 5.82. The second kappa shape index (κ2) is 5.90. The molecule has 2 rings (SSSR count). The number of hydrogen-bond acceptors (Lipinski definition) is 3. The van der Waals surface area contributed by atoms with Gasteiger partial charge in [-0.1, -0.05) is 12.8 Å². The van der Waals surface area contributed by atoms with Gasteiger partial charge in [0.25, 0.3) is 0 Å². The second-order valence-electron chi connectivity index (χ2n) is 5.98. The van der Waals surface area contributed by atoms with Crippen LogP contribution < -0.4 is 0 Å². The van der Waals surface area contributed by atoms with Crippen LogP contribution in [0.15, 0.2) is 0 Å². The van der Waals surface area contributed by atoms with Gasteiger partial charge in [0.1, 0.15) is 6.04 Å². The quantitative estimate of drug-likeness (QED) is 0.832. The third-order valence-corrected chi connectivity index (χ3v) is 4.59. The minimum atomic E-state index is -0.730. The average molecular weight is 268 g/mol. The van der Waals surface area contributed by atoms with Crippen LogP contribution in [0.5, 0.6) is 0 Å². The summed E-state index contributed by atoms with van der Waals surface area (Å²) in [5, 5.41) is 9.37. The molecule has 1 aliphatic heterocycles. The first-order valence-electron chi connectivity index (χ1n) is 7.19. The Bertz CT molecular complexity index is 357. The summed E-state index contributed by atoms with van der Waals surface area (Å²) < 4.78 is 0. The molecular formula is C14H24N2O3. The summed E-state index contributed by atoms with van der Waals surface area (Å²) in [7, 11) is 3.48. The second-order valence-corrected chi connectivity index (χ2v) is 5.98. The van der Waals surface area contributed by atoms with Crippen LogP contribution in [0.25, 0.3) is 0 Å². The lowest BCUT2D eigenvalue weighted by Crippen LogP contribution is -2.44. The van der Waals surface area contributed by atoms with Crippen LogP contribution in [0.3, 0.4) is 0 Å². The van der Waals surface area contributed by atoms with Crippen LogP contribution in [0.1, 0.15) is 38.5 Å². The van der Waals surface area contributed by atoms with Crippen molar-refractivity contribution in [3.05, 3.63) is 0 Å². The summed E-state index contributed by atoms with van der Waals surface area (Å²) in [4.78, 5) is 26.7. The maximum Gasteiger partial charge on any atom is 0.320 e. The highest BCUT2D eigenvalue weighted by Gasteiger charge is 2.44. The van der Waals surface area contributed by atoms with Gasteiger partial charge in [-0.2, -0.15) is 0 Å². The van der Waals surface area contributed by atoms with Crippen molar-refractivity contribution < 1.29 is 14.7 Å². The lowest BCUT2D eigenvalue weighted by Gasteiger charge is -2.33. The van der Waals surface area contributed by atoms with E-state index in [4.69, 9.17) is 0 Å². The van der Waals surface area contributed by atoms with Crippen molar-refractivity contribution in [2.45, 2.75) is 50.6 Å². The number of aliphatic carboxylic acids is 1. The summed E-state index contributed by atoms with van der Waals surface area (Å²) in [6.45, 7) is 0.579. The fourth-order valence-electron chi connectivity index (χ4n) is 3.57. The number of carboxylic acid groups (broad SMARTS) is 1. The molecule has 1 N–H and O–H groups in total. The largest absolute Gasteiger partial charge is 0.480 e. The third kappa shape index (κ3) is 3.08. The summed E-state index contributed by atoms with van der Waals surface area (Å²) in [6, 6.07) is -0.00660. The first-order valence-corrected chi connectivity index (χ1v) is 7.19. The van der Waals surface area contributed by atoms with Gasteiger partial charge in [-0.05, 0) is 25.2 Å². The predicted molar refractivity (Wildman–Crippen MR) is 71.8 cm³/mol. The highest BCUT2D eigenvalue weighted by molar-refractivity contribution is 5.76. The van der Waals surface area contributed by atoms with Gasteiger partial charge < -0.3 is 10.0 Å². The molecule has 0 aromatic heterocycles. The third-order valence-electron chi connectivity index (χ3n) is 4.59. The Kier molecular flexibility index (Phi) is 4.45. The Hall–Kier alpha value is -1.10. The van der Waals surface area contributed by atoms with Gasteiger partial charge in [0, 0.05) is 33.1 Å². The summed E-state index contributed by atoms with van der Waals surface area (Å²) in [5.41, 5.74) is 0. The van der Waals surface area contributed by atoms with Crippen LogP contribution in [-0.4, -0.2) is 59.5 Å². The normalized spacial score (nSPS) is 30.9. The van der Waals surface area contributed by atoms with Crippen LogP contribution >= 0.6 is 0 Å². The lowest BCUT2D eigenvalue weighted by atomic mass is 9.85. The van der Waals surface area contributed by atoms with E-state index in [0.717, 1.165) is 19.3 Å². The van der Waals surface area contributed by atoms with E-state index in [0.29, 0.717) is 24.9 Å². The number of hydrogen-bond donors (Lipinski definition) is 1. The van der Waals surface area contributed by atoms with Crippen molar-refractivity contribution in [2.24, 2.45) is 5.92 Å². The minimum absolute atomic E-state index is 0.0726. The van der Waals surface area contributed by atoms with E-state index in [-0.39, 0.29) is 11.9 Å². The monoisotopic (exact) mass is 268 g/mol. The first-order chi connectivity index (χ1) is 9.00. The Morgan fingerprint density at radius 3 is 2.58 bits per heavy atom. The average Bonchev–Trinajstić information content (AvgIpc) is 2.74. The number of carboxylic acids is 1. The SMILES string of the molecule is CN(C)C(=O)CCN1C(C(=O)O)CC2CCCCC21. The molecule has 5 nitrogen and oxygen atoms in total. The zero-order valence-electron chi connectivity index (χ0n) is 11.8. The molecule has 5 heteroatoms. The predicted octanol–water partition coefficient (Wildman–Crippen LogP) is 1.18. The number of likely N-dealkylation sites (tertiary alicyclic amines) is 1. The number of nitrogens with zero attached hydrogens (tertiary/aromatic N) is 2. The van der Waals surface area contributed by atoms with E-state index < -0.39 is 5.97 Å². The minimum Gasteiger partial charge on any atom is -0.480 e. The van der Waals surface area contributed by atoms with E-state index in [9.17, 15) is 14.7 Å². The molecule has 2 aliphatic rings. The molecule has 1 saturated heterocycles. The fraction of sp³-hybridized carbons (Fsp3) is 0.857. The smallest absolute Gasteiger partial charge is 0.320 e. The van der Waals surface area contributed by atoms with E-state index in [2.05, 4.69) is 4.90 Å². The molecule has 0 aromatic rings. The zero-order valence-corrected chi connectivity index (χ0v) is 11.8. The van der Waals surface area contributed by atoms with Crippen LogP contribution in [0.4, 0.5) is 0 Å². The number of rotatable bonds is 4. The van der Waals surface area contributed by atoms with Gasteiger partial charge in [0.15, 0.2) is 0 Å². The molecule has 0 radical (unpaired) electrons. The van der Waals surface area contributed by atoms with Crippen molar-refractivity contribution >= 4 is 11.9 Å². The van der Waals surface area contributed by atoms with E-state index in [1.165, 1.54) is 12.8 Å². The van der Waals surface area contributed by atoms with Gasteiger partial charge in [-0.3, -0.25) is 14.5 Å². The van der Waals surface area contributed by atoms with E-state index >= 15 is 0 Å². The molecule has 1 amide bonds. The van der Waals surface area contributed by atoms with Crippen molar-refractivity contribution in [1.82, 2.24) is 9.80 Å². The molecule has 2 fully saturated rings. The Labute approximate surface area is 114 Å². The van der Waals surface area contributed by atoms with Gasteiger partial charge in [-0.15, -0.1) is 0 Å². The fourth-order valence-corrected chi connectivity index (χ4v) is 3.57. The summed E-state index contributed by atoms with van der Waals surface area (Å²) >= 11 is 0. The number of fused-ring (bicyclic) bond motifs is 1. The molecule has 108 valence electrons. The molecule has 1 aliphatic carbocycles. The molecule has 3 atom stereocenters. The van der Waals surface area contributed by atoms with Gasteiger partial charge in [-0.25, -0.2) is 0 Å². The Morgan fingerprint density at radius 1 is 1.26 bits per heavy atom. The number of amides is 1. The van der Waals surface area contributed by atoms with Crippen molar-refractivity contribution in [2.75, 3.05) is 20.6 Å². The van der Waals surface area contributed by atoms with Crippen LogP contribution in [0, 0.1) is 5.92 Å². The van der Waals surface area contributed by atoms with Crippen LogP contribution in [0.2, 0.25) is 0 Å². The van der Waals surface area contributed by atoms with Gasteiger partial charge in [0.2, 0.25) is 5.91 Å². The highest BCUT2D eigenvalue weighted by atomic mass is 16.4. The Morgan fingerprint density at radius 2 is 1.95 bits per heavy atom. The van der Waals surface area contributed by atoms with Crippen molar-refractivity contribution in [1.29, 1.82) is 0 Å². The van der Waals surface area contributed by atoms with E-state index in [1.54, 1.807) is 19.0 Å². The molecule has 1 heterocycles. The molecule has 1 saturated carbocycles. The topological polar surface area (TPSA) is 60.9 Å². The standard InChI is InChI=1S/C14H24N2O3/c1-15(2)13(17)7-8-16-11-6-4-3-5-10(11)9-12(16)14(18)19/h10-12H,3-9H2,1-2H3,(H,18,19). The van der Waals surface area contributed by atoms with Crippen molar-refractivity contribution in [3.8, 4) is 0 Å². The van der Waals surface area contributed by atoms with E-state index in [1.807, 2.05) is 0 Å². The van der Waals surface area contributed by atoms with Crippen LogP contribution in [-0.2, 0) is 9.59 Å². The molecule has 3 unspecified atom stereocenters. The molecule has 0 bridgehead atoms. The Balaban J connectivity index is 2.01. The zero-order chi connectivity index (χ0) is 14.0. The van der Waals surface area contributed by atoms with Crippen molar-refractivity contribution in [3.63, 3.8) is 0 Å². The maximum absolute atomic E-state index is 11.7. The highest BCUT2D eigenvalue weighted by Crippen LogP contribution is 2.39. The molecule has 19 heavy (non-hydrogen) atoms. The number of carbonyl (C=O) groups is 2. The molecule has 0 spiro atoms.